The molecule has 1 nitrogen and oxygen atoms in total. The van der Waals surface area contributed by atoms with Crippen LogP contribution in [-0.2, 0) is 0 Å². The van der Waals surface area contributed by atoms with Gasteiger partial charge >= 0.3 is 0 Å². The Hall–Kier alpha value is -0.300. The number of rotatable bonds is 1. The second kappa shape index (κ2) is 6.64. The summed E-state index contributed by atoms with van der Waals surface area (Å²) in [6.07, 6.45) is 17.8. The van der Waals surface area contributed by atoms with Crippen LogP contribution in [0.2, 0.25) is 0 Å². The van der Waals surface area contributed by atoms with Crippen molar-refractivity contribution in [3.8, 4) is 0 Å². The Balaban J connectivity index is 1.57. The lowest BCUT2D eigenvalue weighted by molar-refractivity contribution is -0.180. The SMILES string of the molecule is CC1(CO)CCC2(C)CCC3(C)C(=CCC4C5(C)CCCC(C)(C)C5CCC43C)C2C1. The summed E-state index contributed by atoms with van der Waals surface area (Å²) in [4.78, 5) is 0. The maximum atomic E-state index is 10.2. The van der Waals surface area contributed by atoms with Gasteiger partial charge in [0.25, 0.3) is 0 Å². The highest BCUT2D eigenvalue weighted by atomic mass is 16.3. The minimum absolute atomic E-state index is 0.123. The van der Waals surface area contributed by atoms with Gasteiger partial charge in [0.2, 0.25) is 0 Å². The first-order valence-electron chi connectivity index (χ1n) is 13.7. The van der Waals surface area contributed by atoms with Crippen LogP contribution >= 0.6 is 0 Å². The molecule has 0 aromatic heterocycles. The first-order valence-corrected chi connectivity index (χ1v) is 13.7. The van der Waals surface area contributed by atoms with E-state index in [1.165, 1.54) is 70.6 Å². The molecule has 0 spiro atoms. The Kier molecular flexibility index (Phi) is 4.82. The summed E-state index contributed by atoms with van der Waals surface area (Å²) in [7, 11) is 0. The quantitative estimate of drug-likeness (QED) is 0.419. The number of aliphatic hydroxyl groups excluding tert-OH is 1. The molecule has 31 heavy (non-hydrogen) atoms. The third-order valence-electron chi connectivity index (χ3n) is 13.1. The van der Waals surface area contributed by atoms with Gasteiger partial charge in [0, 0.05) is 6.61 Å². The van der Waals surface area contributed by atoms with Gasteiger partial charge in [0.05, 0.1) is 0 Å². The number of hydrogen-bond donors (Lipinski definition) is 1. The summed E-state index contributed by atoms with van der Waals surface area (Å²) in [6.45, 7) is 18.6. The molecule has 0 aromatic rings. The highest BCUT2D eigenvalue weighted by molar-refractivity contribution is 5.33. The summed E-state index contributed by atoms with van der Waals surface area (Å²) in [6, 6.07) is 0. The summed E-state index contributed by atoms with van der Waals surface area (Å²) in [5.74, 6) is 2.42. The van der Waals surface area contributed by atoms with Crippen molar-refractivity contribution < 1.29 is 5.11 Å². The van der Waals surface area contributed by atoms with E-state index in [1.807, 2.05) is 5.57 Å². The molecule has 176 valence electrons. The van der Waals surface area contributed by atoms with E-state index < -0.39 is 0 Å². The molecule has 5 rings (SSSR count). The topological polar surface area (TPSA) is 20.2 Å². The zero-order valence-electron chi connectivity index (χ0n) is 21.7. The van der Waals surface area contributed by atoms with Gasteiger partial charge in [-0.2, -0.15) is 0 Å². The van der Waals surface area contributed by atoms with Crippen LogP contribution in [0.5, 0.6) is 0 Å². The van der Waals surface area contributed by atoms with E-state index >= 15 is 0 Å². The molecule has 5 aliphatic rings. The van der Waals surface area contributed by atoms with Crippen molar-refractivity contribution in [2.45, 2.75) is 119 Å². The van der Waals surface area contributed by atoms with E-state index in [2.05, 4.69) is 54.5 Å². The van der Waals surface area contributed by atoms with E-state index in [4.69, 9.17) is 0 Å². The molecule has 0 amide bonds. The number of aliphatic hydroxyl groups is 1. The fourth-order valence-corrected chi connectivity index (χ4v) is 10.7. The van der Waals surface area contributed by atoms with Gasteiger partial charge in [-0.15, -0.1) is 0 Å². The van der Waals surface area contributed by atoms with Crippen LogP contribution in [0.25, 0.3) is 0 Å². The van der Waals surface area contributed by atoms with Crippen molar-refractivity contribution in [1.82, 2.24) is 0 Å². The molecule has 5 aliphatic carbocycles. The number of allylic oxidation sites excluding steroid dienone is 2. The lowest BCUT2D eigenvalue weighted by Crippen LogP contribution is -2.63. The van der Waals surface area contributed by atoms with Gasteiger partial charge in [-0.25, -0.2) is 0 Å². The van der Waals surface area contributed by atoms with Crippen LogP contribution in [0.15, 0.2) is 11.6 Å². The maximum Gasteiger partial charge on any atom is 0.0484 e. The normalized spacial score (nSPS) is 55.9. The van der Waals surface area contributed by atoms with Crippen molar-refractivity contribution in [2.75, 3.05) is 6.61 Å². The van der Waals surface area contributed by atoms with E-state index in [-0.39, 0.29) is 5.41 Å². The number of fused-ring (bicyclic) bond motifs is 7. The van der Waals surface area contributed by atoms with Gasteiger partial charge in [-0.3, -0.25) is 0 Å². The fourth-order valence-electron chi connectivity index (χ4n) is 10.7. The molecule has 1 heteroatoms. The van der Waals surface area contributed by atoms with Gasteiger partial charge < -0.3 is 5.11 Å². The summed E-state index contributed by atoms with van der Waals surface area (Å²) < 4.78 is 0. The molecule has 4 saturated carbocycles. The van der Waals surface area contributed by atoms with Gasteiger partial charge in [-0.1, -0.05) is 66.5 Å². The largest absolute Gasteiger partial charge is 0.396 e. The van der Waals surface area contributed by atoms with Crippen molar-refractivity contribution in [2.24, 2.45) is 50.2 Å². The van der Waals surface area contributed by atoms with E-state index in [0.717, 1.165) is 11.8 Å². The standard InChI is InChI=1S/C30H50O/c1-25(2)12-8-13-28(5)23(25)11-14-30(7)24(28)10-9-21-22-19-26(3,20-31)15-16-27(22,4)17-18-29(21,30)6/h9,22-24,31H,8,10-20H2,1-7H3. The number of hydrogen-bond acceptors (Lipinski definition) is 1. The monoisotopic (exact) mass is 426 g/mol. The Morgan fingerprint density at radius 2 is 1.55 bits per heavy atom. The minimum atomic E-state index is 0.123. The van der Waals surface area contributed by atoms with Gasteiger partial charge in [-0.05, 0) is 114 Å². The molecule has 0 radical (unpaired) electrons. The zero-order valence-corrected chi connectivity index (χ0v) is 21.7. The molecule has 4 fully saturated rings. The summed E-state index contributed by atoms with van der Waals surface area (Å²) in [5, 5.41) is 10.2. The van der Waals surface area contributed by atoms with Crippen LogP contribution in [0, 0.1) is 50.2 Å². The zero-order chi connectivity index (χ0) is 22.5. The summed E-state index contributed by atoms with van der Waals surface area (Å²) >= 11 is 0. The Bertz CT molecular complexity index is 779. The maximum absolute atomic E-state index is 10.2. The van der Waals surface area contributed by atoms with Crippen molar-refractivity contribution in [1.29, 1.82) is 0 Å². The molecule has 0 bridgehead atoms. The molecular formula is C30H50O. The van der Waals surface area contributed by atoms with Crippen LogP contribution in [0.4, 0.5) is 0 Å². The molecule has 0 aliphatic heterocycles. The highest BCUT2D eigenvalue weighted by Crippen LogP contribution is 2.75. The van der Waals surface area contributed by atoms with Crippen LogP contribution in [0.3, 0.4) is 0 Å². The average Bonchev–Trinajstić information content (AvgIpc) is 2.69. The molecule has 0 saturated heterocycles. The van der Waals surface area contributed by atoms with Crippen LogP contribution in [-0.4, -0.2) is 11.7 Å². The molecule has 8 unspecified atom stereocenters. The van der Waals surface area contributed by atoms with Crippen molar-refractivity contribution in [3.05, 3.63) is 11.6 Å². The predicted octanol–water partition coefficient (Wildman–Crippen LogP) is 8.17. The van der Waals surface area contributed by atoms with E-state index in [0.29, 0.717) is 39.6 Å². The van der Waals surface area contributed by atoms with Crippen LogP contribution < -0.4 is 0 Å². The molecule has 0 heterocycles. The second-order valence-corrected chi connectivity index (χ2v) is 15.0. The van der Waals surface area contributed by atoms with Gasteiger partial charge in [0.15, 0.2) is 0 Å². The third-order valence-corrected chi connectivity index (χ3v) is 13.1. The highest BCUT2D eigenvalue weighted by Gasteiger charge is 2.67. The first kappa shape index (κ1) is 22.5. The predicted molar refractivity (Wildman–Crippen MR) is 131 cm³/mol. The molecule has 8 atom stereocenters. The molecular weight excluding hydrogens is 376 g/mol. The second-order valence-electron chi connectivity index (χ2n) is 15.0. The van der Waals surface area contributed by atoms with E-state index in [9.17, 15) is 5.11 Å². The average molecular weight is 427 g/mol. The Morgan fingerprint density at radius 3 is 2.26 bits per heavy atom. The molecule has 0 aromatic carbocycles. The Morgan fingerprint density at radius 1 is 0.839 bits per heavy atom. The lowest BCUT2D eigenvalue weighted by atomic mass is 9.34. The molecule has 1 N–H and O–H groups in total. The third kappa shape index (κ3) is 2.83. The first-order chi connectivity index (χ1) is 14.3. The lowest BCUT2D eigenvalue weighted by Gasteiger charge is -2.71. The minimum Gasteiger partial charge on any atom is -0.396 e. The van der Waals surface area contributed by atoms with Crippen molar-refractivity contribution >= 4 is 0 Å². The van der Waals surface area contributed by atoms with Crippen molar-refractivity contribution in [3.63, 3.8) is 0 Å². The van der Waals surface area contributed by atoms with E-state index in [1.54, 1.807) is 0 Å². The Labute approximate surface area is 192 Å². The summed E-state index contributed by atoms with van der Waals surface area (Å²) in [5.41, 5.74) is 4.21. The smallest absolute Gasteiger partial charge is 0.0484 e. The van der Waals surface area contributed by atoms with Crippen LogP contribution in [0.1, 0.15) is 119 Å². The van der Waals surface area contributed by atoms with Gasteiger partial charge in [0.1, 0.15) is 0 Å². The fraction of sp³-hybridized carbons (Fsp3) is 0.933.